The van der Waals surface area contributed by atoms with Crippen molar-refractivity contribution in [1.29, 1.82) is 0 Å². The van der Waals surface area contributed by atoms with E-state index in [2.05, 4.69) is 55.2 Å². The summed E-state index contributed by atoms with van der Waals surface area (Å²) >= 11 is 0. The second-order valence-corrected chi connectivity index (χ2v) is 4.93. The average Bonchev–Trinajstić information content (AvgIpc) is 2.30. The molecule has 17 heavy (non-hydrogen) atoms. The van der Waals surface area contributed by atoms with Crippen LogP contribution in [-0.2, 0) is 6.54 Å². The Balaban J connectivity index is 2.10. The first-order valence-electron chi connectivity index (χ1n) is 6.42. The maximum absolute atomic E-state index is 4.37. The van der Waals surface area contributed by atoms with Gasteiger partial charge in [0, 0.05) is 18.8 Å². The lowest BCUT2D eigenvalue weighted by Crippen LogP contribution is -2.29. The normalized spacial score (nSPS) is 11.4. The molecular formula is C14H25N3. The van der Waals surface area contributed by atoms with Crippen molar-refractivity contribution in [2.45, 2.75) is 39.8 Å². The van der Waals surface area contributed by atoms with Gasteiger partial charge in [-0.25, -0.2) is 0 Å². The number of nitrogens with zero attached hydrogens (tertiary/aromatic N) is 2. The van der Waals surface area contributed by atoms with Gasteiger partial charge in [-0.05, 0) is 59.0 Å². The van der Waals surface area contributed by atoms with Crippen molar-refractivity contribution in [2.75, 3.05) is 20.1 Å². The SMILES string of the molecule is Cc1ccc(CNCCCN(C)C(C)C)nc1. The van der Waals surface area contributed by atoms with Gasteiger partial charge in [0.25, 0.3) is 0 Å². The number of pyridine rings is 1. The van der Waals surface area contributed by atoms with Gasteiger partial charge in [-0.15, -0.1) is 0 Å². The van der Waals surface area contributed by atoms with Crippen LogP contribution < -0.4 is 5.32 Å². The van der Waals surface area contributed by atoms with Crippen LogP contribution in [0.2, 0.25) is 0 Å². The summed E-state index contributed by atoms with van der Waals surface area (Å²) in [4.78, 5) is 6.73. The van der Waals surface area contributed by atoms with Crippen LogP contribution in [0.3, 0.4) is 0 Å². The van der Waals surface area contributed by atoms with Crippen molar-refractivity contribution in [1.82, 2.24) is 15.2 Å². The standard InChI is InChI=1S/C14H25N3/c1-12(2)17(4)9-5-8-15-11-14-7-6-13(3)10-16-14/h6-7,10,12,15H,5,8-9,11H2,1-4H3. The Hall–Kier alpha value is -0.930. The number of hydrogen-bond donors (Lipinski definition) is 1. The molecule has 96 valence electrons. The highest BCUT2D eigenvalue weighted by Crippen LogP contribution is 1.98. The second kappa shape index (κ2) is 7.41. The first-order valence-corrected chi connectivity index (χ1v) is 6.42. The van der Waals surface area contributed by atoms with Crippen molar-refractivity contribution in [3.8, 4) is 0 Å². The highest BCUT2D eigenvalue weighted by Gasteiger charge is 2.01. The molecule has 0 saturated heterocycles. The van der Waals surface area contributed by atoms with Crippen molar-refractivity contribution in [3.63, 3.8) is 0 Å². The smallest absolute Gasteiger partial charge is 0.0541 e. The van der Waals surface area contributed by atoms with E-state index < -0.39 is 0 Å². The fourth-order valence-corrected chi connectivity index (χ4v) is 1.53. The van der Waals surface area contributed by atoms with E-state index in [0.29, 0.717) is 6.04 Å². The maximum atomic E-state index is 4.37. The van der Waals surface area contributed by atoms with Crippen LogP contribution in [0.25, 0.3) is 0 Å². The van der Waals surface area contributed by atoms with Crippen LogP contribution in [0.1, 0.15) is 31.5 Å². The molecule has 0 aliphatic carbocycles. The van der Waals surface area contributed by atoms with E-state index >= 15 is 0 Å². The van der Waals surface area contributed by atoms with E-state index in [1.807, 2.05) is 6.20 Å². The Kier molecular flexibility index (Phi) is 6.16. The predicted octanol–water partition coefficient (Wildman–Crippen LogP) is 2.21. The van der Waals surface area contributed by atoms with Gasteiger partial charge in [0.2, 0.25) is 0 Å². The van der Waals surface area contributed by atoms with Crippen LogP contribution in [0.15, 0.2) is 18.3 Å². The second-order valence-electron chi connectivity index (χ2n) is 4.93. The topological polar surface area (TPSA) is 28.2 Å². The zero-order chi connectivity index (χ0) is 12.7. The largest absolute Gasteiger partial charge is 0.311 e. The monoisotopic (exact) mass is 235 g/mol. The fraction of sp³-hybridized carbons (Fsp3) is 0.643. The lowest BCUT2D eigenvalue weighted by atomic mass is 10.2. The van der Waals surface area contributed by atoms with Crippen LogP contribution in [0.5, 0.6) is 0 Å². The van der Waals surface area contributed by atoms with Gasteiger partial charge < -0.3 is 10.2 Å². The minimum absolute atomic E-state index is 0.633. The quantitative estimate of drug-likeness (QED) is 0.734. The number of rotatable bonds is 7. The Morgan fingerprint density at radius 2 is 2.12 bits per heavy atom. The van der Waals surface area contributed by atoms with Crippen LogP contribution in [-0.4, -0.2) is 36.1 Å². The van der Waals surface area contributed by atoms with Gasteiger partial charge >= 0.3 is 0 Å². The Labute approximate surface area is 105 Å². The van der Waals surface area contributed by atoms with Gasteiger partial charge in [0.1, 0.15) is 0 Å². The molecule has 0 atom stereocenters. The summed E-state index contributed by atoms with van der Waals surface area (Å²) in [6.07, 6.45) is 3.10. The summed E-state index contributed by atoms with van der Waals surface area (Å²) in [5.41, 5.74) is 2.33. The number of nitrogens with one attached hydrogen (secondary N) is 1. The van der Waals surface area contributed by atoms with E-state index in [9.17, 15) is 0 Å². The molecule has 1 N–H and O–H groups in total. The molecule has 0 radical (unpaired) electrons. The first kappa shape index (κ1) is 14.1. The summed E-state index contributed by atoms with van der Waals surface area (Å²) in [6, 6.07) is 4.83. The van der Waals surface area contributed by atoms with Crippen molar-refractivity contribution >= 4 is 0 Å². The van der Waals surface area contributed by atoms with E-state index in [4.69, 9.17) is 0 Å². The molecule has 0 aliphatic rings. The third kappa shape index (κ3) is 5.80. The van der Waals surface area contributed by atoms with E-state index in [1.54, 1.807) is 0 Å². The molecule has 1 rings (SSSR count). The van der Waals surface area contributed by atoms with E-state index in [-0.39, 0.29) is 0 Å². The summed E-state index contributed by atoms with van der Waals surface area (Å²) in [5.74, 6) is 0. The van der Waals surface area contributed by atoms with Gasteiger partial charge in [-0.3, -0.25) is 4.98 Å². The zero-order valence-corrected chi connectivity index (χ0v) is 11.5. The molecular weight excluding hydrogens is 210 g/mol. The number of aryl methyl sites for hydroxylation is 1. The van der Waals surface area contributed by atoms with Gasteiger partial charge in [0.05, 0.1) is 5.69 Å². The Bertz CT molecular complexity index is 306. The molecule has 1 aromatic rings. The van der Waals surface area contributed by atoms with Crippen LogP contribution in [0.4, 0.5) is 0 Å². The summed E-state index contributed by atoms with van der Waals surface area (Å²) in [6.45, 7) is 9.57. The highest BCUT2D eigenvalue weighted by atomic mass is 15.1. The molecule has 0 aromatic carbocycles. The van der Waals surface area contributed by atoms with Crippen LogP contribution in [0, 0.1) is 6.92 Å². The molecule has 0 fully saturated rings. The zero-order valence-electron chi connectivity index (χ0n) is 11.5. The molecule has 3 heteroatoms. The molecule has 0 bridgehead atoms. The predicted molar refractivity (Wildman–Crippen MR) is 73.1 cm³/mol. The lowest BCUT2D eigenvalue weighted by Gasteiger charge is -2.20. The highest BCUT2D eigenvalue weighted by molar-refractivity contribution is 5.11. The molecule has 1 heterocycles. The number of hydrogen-bond acceptors (Lipinski definition) is 3. The molecule has 3 nitrogen and oxygen atoms in total. The number of aromatic nitrogens is 1. The summed E-state index contributed by atoms with van der Waals surface area (Å²) in [5, 5.41) is 3.43. The molecule has 0 unspecified atom stereocenters. The average molecular weight is 235 g/mol. The molecule has 0 saturated carbocycles. The molecule has 1 aromatic heterocycles. The molecule has 0 spiro atoms. The Morgan fingerprint density at radius 1 is 1.35 bits per heavy atom. The Morgan fingerprint density at radius 3 is 2.71 bits per heavy atom. The third-order valence-electron chi connectivity index (χ3n) is 3.02. The van der Waals surface area contributed by atoms with Gasteiger partial charge in [0.15, 0.2) is 0 Å². The minimum atomic E-state index is 0.633. The van der Waals surface area contributed by atoms with E-state index in [1.165, 1.54) is 12.0 Å². The third-order valence-corrected chi connectivity index (χ3v) is 3.02. The van der Waals surface area contributed by atoms with Gasteiger partial charge in [-0.1, -0.05) is 6.07 Å². The fourth-order valence-electron chi connectivity index (χ4n) is 1.53. The van der Waals surface area contributed by atoms with E-state index in [0.717, 1.165) is 25.3 Å². The van der Waals surface area contributed by atoms with Crippen molar-refractivity contribution in [2.24, 2.45) is 0 Å². The first-order chi connectivity index (χ1) is 8.09. The van der Waals surface area contributed by atoms with Crippen LogP contribution >= 0.6 is 0 Å². The van der Waals surface area contributed by atoms with Gasteiger partial charge in [-0.2, -0.15) is 0 Å². The maximum Gasteiger partial charge on any atom is 0.0541 e. The summed E-state index contributed by atoms with van der Waals surface area (Å²) in [7, 11) is 2.17. The van der Waals surface area contributed by atoms with Crippen molar-refractivity contribution in [3.05, 3.63) is 29.6 Å². The summed E-state index contributed by atoms with van der Waals surface area (Å²) < 4.78 is 0. The minimum Gasteiger partial charge on any atom is -0.311 e. The molecule has 0 amide bonds. The molecule has 0 aliphatic heterocycles. The lowest BCUT2D eigenvalue weighted by molar-refractivity contribution is 0.269. The van der Waals surface area contributed by atoms with Crippen molar-refractivity contribution < 1.29 is 0 Å².